The summed E-state index contributed by atoms with van der Waals surface area (Å²) in [5, 5.41) is 9.25. The second-order valence-corrected chi connectivity index (χ2v) is 5.82. The number of hydrogen-bond acceptors (Lipinski definition) is 2. The summed E-state index contributed by atoms with van der Waals surface area (Å²) in [5.41, 5.74) is 1.05. The number of aromatic hydroxyl groups is 1. The Kier molecular flexibility index (Phi) is 4.46. The molecule has 0 heterocycles. The minimum absolute atomic E-state index is 0.207. The van der Waals surface area contributed by atoms with Gasteiger partial charge in [0.2, 0.25) is 5.91 Å². The van der Waals surface area contributed by atoms with E-state index >= 15 is 0 Å². The first kappa shape index (κ1) is 13.9. The summed E-state index contributed by atoms with van der Waals surface area (Å²) in [6.45, 7) is 2.88. The lowest BCUT2D eigenvalue weighted by atomic mass is 9.82. The highest BCUT2D eigenvalue weighted by Gasteiger charge is 2.26. The van der Waals surface area contributed by atoms with Gasteiger partial charge in [0.1, 0.15) is 5.75 Å². The van der Waals surface area contributed by atoms with Crippen LogP contribution < -0.4 is 0 Å². The molecule has 1 aromatic rings. The van der Waals surface area contributed by atoms with Gasteiger partial charge in [-0.1, -0.05) is 19.1 Å². The van der Waals surface area contributed by atoms with E-state index in [1.54, 1.807) is 12.1 Å². The van der Waals surface area contributed by atoms with Crippen LogP contribution in [0, 0.1) is 11.8 Å². The standard InChI is InChI=1S/C16H23NO2/c1-12-3-7-14(8-4-12)16(19)17(2)11-13-5-9-15(18)10-6-13/h5-6,9-10,12,14,18H,3-4,7-8,11H2,1-2H3. The van der Waals surface area contributed by atoms with E-state index in [0.717, 1.165) is 24.3 Å². The normalized spacial score (nSPS) is 23.1. The predicted octanol–water partition coefficient (Wildman–Crippen LogP) is 3.18. The summed E-state index contributed by atoms with van der Waals surface area (Å²) in [5.74, 6) is 1.50. The first-order valence-corrected chi connectivity index (χ1v) is 7.09. The SMILES string of the molecule is CC1CCC(C(=O)N(C)Cc2ccc(O)cc2)CC1. The molecular weight excluding hydrogens is 238 g/mol. The van der Waals surface area contributed by atoms with Gasteiger partial charge in [-0.05, 0) is 49.3 Å². The molecule has 1 aliphatic carbocycles. The highest BCUT2D eigenvalue weighted by Crippen LogP contribution is 2.29. The Hall–Kier alpha value is -1.51. The highest BCUT2D eigenvalue weighted by molar-refractivity contribution is 5.78. The van der Waals surface area contributed by atoms with Gasteiger partial charge in [0.05, 0.1) is 0 Å². The van der Waals surface area contributed by atoms with Crippen molar-refractivity contribution in [2.75, 3.05) is 7.05 Å². The maximum atomic E-state index is 12.4. The van der Waals surface area contributed by atoms with Crippen LogP contribution in [-0.4, -0.2) is 23.0 Å². The first-order chi connectivity index (χ1) is 9.06. The van der Waals surface area contributed by atoms with Crippen molar-refractivity contribution in [3.63, 3.8) is 0 Å². The third-order valence-electron chi connectivity index (χ3n) is 4.10. The second kappa shape index (κ2) is 6.09. The molecule has 1 N–H and O–H groups in total. The number of benzene rings is 1. The second-order valence-electron chi connectivity index (χ2n) is 5.82. The van der Waals surface area contributed by atoms with Crippen LogP contribution in [0.15, 0.2) is 24.3 Å². The summed E-state index contributed by atoms with van der Waals surface area (Å²) in [4.78, 5) is 14.2. The number of rotatable bonds is 3. The molecule has 1 amide bonds. The number of phenols is 1. The van der Waals surface area contributed by atoms with Crippen molar-refractivity contribution >= 4 is 5.91 Å². The zero-order valence-corrected chi connectivity index (χ0v) is 11.8. The van der Waals surface area contributed by atoms with E-state index in [4.69, 9.17) is 0 Å². The van der Waals surface area contributed by atoms with Gasteiger partial charge in [-0.3, -0.25) is 4.79 Å². The Bertz CT molecular complexity index is 419. The number of nitrogens with zero attached hydrogens (tertiary/aromatic N) is 1. The van der Waals surface area contributed by atoms with Crippen LogP contribution >= 0.6 is 0 Å². The fourth-order valence-corrected chi connectivity index (χ4v) is 2.77. The lowest BCUT2D eigenvalue weighted by molar-refractivity contribution is -0.136. The molecule has 3 nitrogen and oxygen atoms in total. The van der Waals surface area contributed by atoms with Crippen molar-refractivity contribution in [3.8, 4) is 5.75 Å². The number of carbonyl (C=O) groups excluding carboxylic acids is 1. The number of amides is 1. The molecule has 104 valence electrons. The van der Waals surface area contributed by atoms with E-state index in [2.05, 4.69) is 6.92 Å². The molecule has 0 spiro atoms. The van der Waals surface area contributed by atoms with E-state index in [9.17, 15) is 9.90 Å². The van der Waals surface area contributed by atoms with E-state index in [-0.39, 0.29) is 17.6 Å². The van der Waals surface area contributed by atoms with Gasteiger partial charge < -0.3 is 10.0 Å². The summed E-state index contributed by atoms with van der Waals surface area (Å²) >= 11 is 0. The van der Waals surface area contributed by atoms with Gasteiger partial charge in [-0.25, -0.2) is 0 Å². The monoisotopic (exact) mass is 261 g/mol. The Morgan fingerprint density at radius 2 is 1.79 bits per heavy atom. The Morgan fingerprint density at radius 1 is 1.21 bits per heavy atom. The molecule has 0 radical (unpaired) electrons. The lowest BCUT2D eigenvalue weighted by Gasteiger charge is -2.29. The average molecular weight is 261 g/mol. The Labute approximate surface area is 115 Å². The molecule has 0 aromatic heterocycles. The van der Waals surface area contributed by atoms with Crippen molar-refractivity contribution in [1.82, 2.24) is 4.90 Å². The minimum atomic E-state index is 0.207. The molecule has 1 aromatic carbocycles. The van der Waals surface area contributed by atoms with Crippen LogP contribution in [-0.2, 0) is 11.3 Å². The third-order valence-corrected chi connectivity index (χ3v) is 4.10. The van der Waals surface area contributed by atoms with Crippen LogP contribution in [0.25, 0.3) is 0 Å². The zero-order chi connectivity index (χ0) is 13.8. The average Bonchev–Trinajstić information content (AvgIpc) is 2.41. The molecular formula is C16H23NO2. The summed E-state index contributed by atoms with van der Waals surface area (Å²) < 4.78 is 0. The van der Waals surface area contributed by atoms with Crippen molar-refractivity contribution in [2.45, 2.75) is 39.2 Å². The van der Waals surface area contributed by atoms with E-state index in [0.29, 0.717) is 6.54 Å². The molecule has 2 rings (SSSR count). The van der Waals surface area contributed by atoms with Gasteiger partial charge in [-0.2, -0.15) is 0 Å². The van der Waals surface area contributed by atoms with Crippen LogP contribution in [0.3, 0.4) is 0 Å². The van der Waals surface area contributed by atoms with Crippen LogP contribution in [0.1, 0.15) is 38.2 Å². The molecule has 1 fully saturated rings. The van der Waals surface area contributed by atoms with Crippen LogP contribution in [0.5, 0.6) is 5.75 Å². The molecule has 3 heteroatoms. The number of hydrogen-bond donors (Lipinski definition) is 1. The first-order valence-electron chi connectivity index (χ1n) is 7.09. The molecule has 1 saturated carbocycles. The molecule has 0 saturated heterocycles. The quantitative estimate of drug-likeness (QED) is 0.908. The van der Waals surface area contributed by atoms with Crippen molar-refractivity contribution in [1.29, 1.82) is 0 Å². The van der Waals surface area contributed by atoms with Crippen molar-refractivity contribution < 1.29 is 9.90 Å². The van der Waals surface area contributed by atoms with Crippen molar-refractivity contribution in [2.24, 2.45) is 11.8 Å². The summed E-state index contributed by atoms with van der Waals surface area (Å²) in [6, 6.07) is 7.05. The molecule has 0 aliphatic heterocycles. The van der Waals surface area contributed by atoms with E-state index < -0.39 is 0 Å². The largest absolute Gasteiger partial charge is 0.508 e. The number of carbonyl (C=O) groups is 1. The number of phenolic OH excluding ortho intramolecular Hbond substituents is 1. The summed E-state index contributed by atoms with van der Waals surface area (Å²) in [7, 11) is 1.87. The van der Waals surface area contributed by atoms with E-state index in [1.165, 1.54) is 12.8 Å². The maximum absolute atomic E-state index is 12.4. The van der Waals surface area contributed by atoms with Gasteiger partial charge in [0, 0.05) is 19.5 Å². The molecule has 19 heavy (non-hydrogen) atoms. The Morgan fingerprint density at radius 3 is 2.37 bits per heavy atom. The fourth-order valence-electron chi connectivity index (χ4n) is 2.77. The zero-order valence-electron chi connectivity index (χ0n) is 11.8. The predicted molar refractivity (Wildman–Crippen MR) is 75.7 cm³/mol. The van der Waals surface area contributed by atoms with Crippen molar-refractivity contribution in [3.05, 3.63) is 29.8 Å². The maximum Gasteiger partial charge on any atom is 0.225 e. The van der Waals surface area contributed by atoms with Gasteiger partial charge >= 0.3 is 0 Å². The molecule has 0 atom stereocenters. The third kappa shape index (κ3) is 3.72. The molecule has 0 unspecified atom stereocenters. The minimum Gasteiger partial charge on any atom is -0.508 e. The Balaban J connectivity index is 1.90. The highest BCUT2D eigenvalue weighted by atomic mass is 16.3. The van der Waals surface area contributed by atoms with Crippen LogP contribution in [0.4, 0.5) is 0 Å². The summed E-state index contributed by atoms with van der Waals surface area (Å²) in [6.07, 6.45) is 4.40. The topological polar surface area (TPSA) is 40.5 Å². The molecule has 1 aliphatic rings. The molecule has 0 bridgehead atoms. The van der Waals surface area contributed by atoms with E-state index in [1.807, 2.05) is 24.1 Å². The van der Waals surface area contributed by atoms with Gasteiger partial charge in [0.25, 0.3) is 0 Å². The van der Waals surface area contributed by atoms with Gasteiger partial charge in [0.15, 0.2) is 0 Å². The fraction of sp³-hybridized carbons (Fsp3) is 0.562. The smallest absolute Gasteiger partial charge is 0.225 e. The van der Waals surface area contributed by atoms with Gasteiger partial charge in [-0.15, -0.1) is 0 Å². The lowest BCUT2D eigenvalue weighted by Crippen LogP contribution is -2.34. The van der Waals surface area contributed by atoms with Crippen LogP contribution in [0.2, 0.25) is 0 Å².